The predicted octanol–water partition coefficient (Wildman–Crippen LogP) is 2.29. The van der Waals surface area contributed by atoms with E-state index in [0.29, 0.717) is 22.2 Å². The number of nitro benzene ring substituents is 1. The summed E-state index contributed by atoms with van der Waals surface area (Å²) in [5.74, 6) is -0.536. The predicted molar refractivity (Wildman–Crippen MR) is 75.4 cm³/mol. The quantitative estimate of drug-likeness (QED) is 0.410. The summed E-state index contributed by atoms with van der Waals surface area (Å²) in [5.41, 5.74) is 1.51. The fourth-order valence-corrected chi connectivity index (χ4v) is 2.22. The largest absolute Gasteiger partial charge is 0.608 e. The van der Waals surface area contributed by atoms with E-state index in [1.54, 1.807) is 37.4 Å². The van der Waals surface area contributed by atoms with Gasteiger partial charge < -0.3 is 4.42 Å². The zero-order valence-corrected chi connectivity index (χ0v) is 11.1. The minimum absolute atomic E-state index is 0.0338. The van der Waals surface area contributed by atoms with Crippen LogP contribution in [0.5, 0.6) is 0 Å². The van der Waals surface area contributed by atoms with Crippen LogP contribution in [0.15, 0.2) is 57.9 Å². The summed E-state index contributed by atoms with van der Waals surface area (Å²) in [5, 5.41) is 11.4. The van der Waals surface area contributed by atoms with E-state index in [9.17, 15) is 14.9 Å². The molecular formula is C15H11N2O4+. The van der Waals surface area contributed by atoms with Gasteiger partial charge in [-0.15, -0.1) is 0 Å². The minimum Gasteiger partial charge on any atom is -0.371 e. The molecule has 0 bridgehead atoms. The molecule has 1 aromatic heterocycles. The van der Waals surface area contributed by atoms with Gasteiger partial charge in [0.15, 0.2) is 11.8 Å². The normalized spacial score (nSPS) is 10.7. The summed E-state index contributed by atoms with van der Waals surface area (Å²) in [7, 11) is 0. The zero-order valence-electron chi connectivity index (χ0n) is 11.1. The lowest BCUT2D eigenvalue weighted by molar-refractivity contribution is -0.623. The maximum atomic E-state index is 12.1. The Kier molecular flexibility index (Phi) is 2.98. The minimum atomic E-state index is -0.536. The number of rotatable bonds is 2. The van der Waals surface area contributed by atoms with Crippen LogP contribution >= 0.6 is 0 Å². The van der Waals surface area contributed by atoms with Crippen molar-refractivity contribution in [1.29, 1.82) is 0 Å². The fraction of sp³-hybridized carbons (Fsp3) is 0.0667. The number of fused-ring (bicyclic) bond motifs is 1. The lowest BCUT2D eigenvalue weighted by Crippen LogP contribution is -2.46. The Labute approximate surface area is 119 Å². The van der Waals surface area contributed by atoms with Crippen molar-refractivity contribution in [3.63, 3.8) is 0 Å². The second-order valence-corrected chi connectivity index (χ2v) is 4.64. The molecule has 2 aromatic carbocycles. The summed E-state index contributed by atoms with van der Waals surface area (Å²) in [6.45, 7) is 1.67. The smallest absolute Gasteiger partial charge is 0.371 e. The lowest BCUT2D eigenvalue weighted by atomic mass is 10.1. The highest BCUT2D eigenvalue weighted by atomic mass is 16.6. The molecule has 104 valence electrons. The van der Waals surface area contributed by atoms with Gasteiger partial charge in [0.1, 0.15) is 0 Å². The molecule has 6 heteroatoms. The van der Waals surface area contributed by atoms with Crippen LogP contribution in [0.2, 0.25) is 0 Å². The summed E-state index contributed by atoms with van der Waals surface area (Å²) in [6.07, 6.45) is 1.55. The molecule has 6 nitrogen and oxygen atoms in total. The van der Waals surface area contributed by atoms with Crippen LogP contribution in [0.3, 0.4) is 0 Å². The van der Waals surface area contributed by atoms with Crippen molar-refractivity contribution in [3.8, 4) is 5.69 Å². The van der Waals surface area contributed by atoms with Gasteiger partial charge in [0, 0.05) is 24.3 Å². The van der Waals surface area contributed by atoms with Crippen LogP contribution in [0, 0.1) is 17.0 Å². The standard InChI is InChI=1S/C15H11N2O4/c1-10-7-13(17(19)20)8-11-9-16(15(18)21-14(10)11)12-5-3-2-4-6-12/h2-9H,1H3/q+1. The Bertz CT molecular complexity index is 901. The van der Waals surface area contributed by atoms with Crippen LogP contribution in [0.4, 0.5) is 5.69 Å². The van der Waals surface area contributed by atoms with Gasteiger partial charge in [-0.3, -0.25) is 10.1 Å². The Balaban J connectivity index is 2.32. The van der Waals surface area contributed by atoms with Crippen molar-refractivity contribution < 1.29 is 13.9 Å². The molecule has 0 N–H and O–H groups in total. The van der Waals surface area contributed by atoms with E-state index in [1.807, 2.05) is 6.07 Å². The van der Waals surface area contributed by atoms with Gasteiger partial charge in [-0.1, -0.05) is 22.8 Å². The van der Waals surface area contributed by atoms with Crippen molar-refractivity contribution in [3.05, 3.63) is 74.9 Å². The monoisotopic (exact) mass is 283 g/mol. The van der Waals surface area contributed by atoms with Crippen LogP contribution in [-0.2, 0) is 0 Å². The molecule has 0 unspecified atom stereocenters. The Hall–Kier alpha value is -3.02. The molecule has 3 rings (SSSR count). The van der Waals surface area contributed by atoms with Gasteiger partial charge in [-0.25, -0.2) is 0 Å². The molecule has 3 aromatic rings. The van der Waals surface area contributed by atoms with Gasteiger partial charge in [0.2, 0.25) is 5.69 Å². The molecule has 1 heterocycles. The third-order valence-corrected chi connectivity index (χ3v) is 3.19. The molecule has 0 fully saturated rings. The van der Waals surface area contributed by atoms with E-state index in [2.05, 4.69) is 0 Å². The van der Waals surface area contributed by atoms with E-state index >= 15 is 0 Å². The first kappa shape index (κ1) is 13.0. The van der Waals surface area contributed by atoms with Gasteiger partial charge in [0.25, 0.3) is 5.69 Å². The van der Waals surface area contributed by atoms with Gasteiger partial charge in [-0.05, 0) is 12.5 Å². The van der Waals surface area contributed by atoms with Crippen molar-refractivity contribution in [2.45, 2.75) is 6.92 Å². The first-order chi connectivity index (χ1) is 10.1. The van der Waals surface area contributed by atoms with Crippen LogP contribution in [0.25, 0.3) is 16.7 Å². The molecule has 0 amide bonds. The summed E-state index contributed by atoms with van der Waals surface area (Å²) >= 11 is 0. The van der Waals surface area contributed by atoms with Crippen molar-refractivity contribution >= 4 is 16.7 Å². The number of nitrogens with zero attached hydrogens (tertiary/aromatic N) is 2. The molecular weight excluding hydrogens is 272 g/mol. The number of non-ortho nitro benzene ring substituents is 1. The first-order valence-corrected chi connectivity index (χ1v) is 6.26. The number of hydrogen-bond acceptors (Lipinski definition) is 4. The van der Waals surface area contributed by atoms with Gasteiger partial charge in [0.05, 0.1) is 10.3 Å². The SMILES string of the molecule is Cc1cc([N+](=O)[O-])cc2c[n+](-c3ccccc3)c(=O)oc12. The molecule has 0 saturated carbocycles. The second kappa shape index (κ2) is 4.82. The number of nitro groups is 1. The molecule has 0 aliphatic heterocycles. The molecule has 0 aliphatic rings. The van der Waals surface area contributed by atoms with Crippen molar-refractivity contribution in [2.75, 3.05) is 0 Å². The van der Waals surface area contributed by atoms with Crippen LogP contribution in [0.1, 0.15) is 5.56 Å². The maximum Gasteiger partial charge on any atom is 0.608 e. The Morgan fingerprint density at radius 1 is 1.19 bits per heavy atom. The average molecular weight is 283 g/mol. The van der Waals surface area contributed by atoms with E-state index in [4.69, 9.17) is 4.42 Å². The van der Waals surface area contributed by atoms with Gasteiger partial charge >= 0.3 is 5.76 Å². The van der Waals surface area contributed by atoms with Crippen molar-refractivity contribution in [1.82, 2.24) is 0 Å². The second-order valence-electron chi connectivity index (χ2n) is 4.64. The molecule has 0 atom stereocenters. The van der Waals surface area contributed by atoms with E-state index in [0.717, 1.165) is 0 Å². The number of para-hydroxylation sites is 1. The van der Waals surface area contributed by atoms with Crippen LogP contribution < -0.4 is 10.3 Å². The highest BCUT2D eigenvalue weighted by molar-refractivity contribution is 5.81. The average Bonchev–Trinajstić information content (AvgIpc) is 2.48. The highest BCUT2D eigenvalue weighted by Crippen LogP contribution is 2.23. The molecule has 0 radical (unpaired) electrons. The maximum absolute atomic E-state index is 12.1. The fourth-order valence-electron chi connectivity index (χ4n) is 2.22. The van der Waals surface area contributed by atoms with E-state index in [-0.39, 0.29) is 5.69 Å². The Morgan fingerprint density at radius 2 is 1.90 bits per heavy atom. The lowest BCUT2D eigenvalue weighted by Gasteiger charge is -2.00. The first-order valence-electron chi connectivity index (χ1n) is 6.26. The topological polar surface area (TPSA) is 77.2 Å². The third-order valence-electron chi connectivity index (χ3n) is 3.19. The van der Waals surface area contributed by atoms with Crippen LogP contribution in [-0.4, -0.2) is 4.92 Å². The number of benzene rings is 2. The van der Waals surface area contributed by atoms with Crippen molar-refractivity contribution in [2.24, 2.45) is 0 Å². The summed E-state index contributed by atoms with van der Waals surface area (Å²) < 4.78 is 6.62. The number of aryl methyl sites for hydroxylation is 1. The zero-order chi connectivity index (χ0) is 15.0. The highest BCUT2D eigenvalue weighted by Gasteiger charge is 2.19. The molecule has 0 aliphatic carbocycles. The molecule has 0 spiro atoms. The summed E-state index contributed by atoms with van der Waals surface area (Å²) in [4.78, 5) is 22.5. The Morgan fingerprint density at radius 3 is 2.57 bits per heavy atom. The van der Waals surface area contributed by atoms with Gasteiger partial charge in [-0.2, -0.15) is 4.79 Å². The summed E-state index contributed by atoms with van der Waals surface area (Å²) in [6, 6.07) is 11.7. The number of hydrogen-bond donors (Lipinski definition) is 0. The van der Waals surface area contributed by atoms with E-state index in [1.165, 1.54) is 16.7 Å². The van der Waals surface area contributed by atoms with E-state index < -0.39 is 10.7 Å². The third kappa shape index (κ3) is 2.27. The molecule has 0 saturated heterocycles. The number of aromatic nitrogens is 1. The molecule has 21 heavy (non-hydrogen) atoms.